The Bertz CT molecular complexity index is 1260. The Morgan fingerprint density at radius 2 is 1.87 bits per heavy atom. The van der Waals surface area contributed by atoms with Crippen molar-refractivity contribution in [2.75, 3.05) is 46.1 Å². The van der Waals surface area contributed by atoms with Crippen LogP contribution in [0.25, 0.3) is 22.6 Å². The van der Waals surface area contributed by atoms with E-state index in [1.807, 2.05) is 6.07 Å². The molecule has 0 unspecified atom stereocenters. The van der Waals surface area contributed by atoms with Crippen molar-refractivity contribution in [3.05, 3.63) is 47.5 Å². The summed E-state index contributed by atoms with van der Waals surface area (Å²) >= 11 is 0. The fourth-order valence-electron chi connectivity index (χ4n) is 4.37. The highest BCUT2D eigenvalue weighted by atomic mass is 127. The summed E-state index contributed by atoms with van der Waals surface area (Å²) in [5.41, 5.74) is 9.32. The zero-order valence-corrected chi connectivity index (χ0v) is 24.3. The Balaban J connectivity index is 0.00000253. The van der Waals surface area contributed by atoms with Crippen molar-refractivity contribution < 1.29 is 25.6 Å². The fraction of sp³-hybridized carbons (Fsp3) is 0.385. The summed E-state index contributed by atoms with van der Waals surface area (Å²) in [4.78, 5) is 25.8. The normalized spacial score (nSPS) is 13.9. The number of hydrogen-bond acceptors (Lipinski definition) is 10. The lowest BCUT2D eigenvalue weighted by molar-refractivity contribution is 0.0596. The third-order valence-corrected chi connectivity index (χ3v) is 6.44. The molecule has 12 heteroatoms. The molecule has 1 aliphatic heterocycles. The number of pyridine rings is 1. The first-order chi connectivity index (χ1) is 17.3. The van der Waals surface area contributed by atoms with E-state index in [-0.39, 0.29) is 42.3 Å². The third kappa shape index (κ3) is 6.67. The molecule has 11 nitrogen and oxygen atoms in total. The van der Waals surface area contributed by atoms with Gasteiger partial charge in [0.2, 0.25) is 11.8 Å². The van der Waals surface area contributed by atoms with Crippen molar-refractivity contribution in [2.24, 2.45) is 0 Å². The van der Waals surface area contributed by atoms with Gasteiger partial charge in [-0.2, -0.15) is 0 Å². The van der Waals surface area contributed by atoms with Crippen molar-refractivity contribution in [1.29, 1.82) is 5.41 Å². The Morgan fingerprint density at radius 1 is 1.16 bits per heavy atom. The van der Waals surface area contributed by atoms with E-state index in [1.54, 1.807) is 24.5 Å². The zero-order valence-electron chi connectivity index (χ0n) is 22.0. The van der Waals surface area contributed by atoms with Crippen LogP contribution in [-0.2, 0) is 11.3 Å². The molecule has 1 aliphatic rings. The molecule has 0 atom stereocenters. The number of carbonyl (C=O) groups excluding carboxylic acids is 1. The number of nitrogens with one attached hydrogen (secondary N) is 1. The van der Waals surface area contributed by atoms with Crippen molar-refractivity contribution in [3.8, 4) is 28.5 Å². The topological polar surface area (TPSA) is 162 Å². The summed E-state index contributed by atoms with van der Waals surface area (Å²) in [6, 6.07) is 5.74. The molecule has 3 aromatic rings. The van der Waals surface area contributed by atoms with Gasteiger partial charge < -0.3 is 30.5 Å². The van der Waals surface area contributed by atoms with E-state index in [4.69, 9.17) is 25.0 Å². The van der Waals surface area contributed by atoms with Crippen LogP contribution in [0, 0.1) is 5.41 Å². The minimum absolute atomic E-state index is 0. The highest BCUT2D eigenvalue weighted by Gasteiger charge is 2.22. The number of halogens is 1. The number of anilines is 1. The molecule has 1 saturated heterocycles. The molecule has 1 fully saturated rings. The number of benzene rings is 1. The predicted molar refractivity (Wildman–Crippen MR) is 158 cm³/mol. The first-order valence-electron chi connectivity index (χ1n) is 11.8. The average molecular weight is 641 g/mol. The number of piperazine rings is 1. The standard InChI is InChI=1S/C26H32N6O4.HI.H2O.H2/c1-16(2)32-7-5-31(6-8-32)15-19-14-30-25(36-19)20-9-17(11-23(28)22(20)12-27)18-10-21(26(33)35-4)24(34-3)29-13-18;;;/h9-14,16,27H,5-8,15,28H2,1-4H3;1H;1H2;1H. The van der Waals surface area contributed by atoms with E-state index in [1.165, 1.54) is 20.4 Å². The van der Waals surface area contributed by atoms with E-state index in [0.717, 1.165) is 31.9 Å². The molecule has 0 saturated carbocycles. The number of hydrogen-bond donors (Lipinski definition) is 2. The van der Waals surface area contributed by atoms with Gasteiger partial charge in [0.1, 0.15) is 11.3 Å². The first-order valence-corrected chi connectivity index (χ1v) is 11.8. The maximum Gasteiger partial charge on any atom is 0.343 e. The van der Waals surface area contributed by atoms with E-state index in [2.05, 4.69) is 33.6 Å². The molecular weight excluding hydrogens is 603 g/mol. The number of nitrogens with two attached hydrogens (primary N) is 1. The van der Waals surface area contributed by atoms with Crippen LogP contribution in [0.4, 0.5) is 5.69 Å². The van der Waals surface area contributed by atoms with Crippen LogP contribution in [0.15, 0.2) is 35.0 Å². The lowest BCUT2D eigenvalue weighted by Gasteiger charge is -2.36. The van der Waals surface area contributed by atoms with Crippen molar-refractivity contribution >= 4 is 41.8 Å². The van der Waals surface area contributed by atoms with Gasteiger partial charge in [-0.3, -0.25) is 9.80 Å². The number of oxazole rings is 1. The summed E-state index contributed by atoms with van der Waals surface area (Å²) in [6.07, 6.45) is 4.51. The molecule has 38 heavy (non-hydrogen) atoms. The Labute approximate surface area is 240 Å². The number of rotatable bonds is 8. The second-order valence-corrected chi connectivity index (χ2v) is 8.98. The lowest BCUT2D eigenvalue weighted by atomic mass is 9.97. The van der Waals surface area contributed by atoms with E-state index in [9.17, 15) is 4.79 Å². The minimum Gasteiger partial charge on any atom is -0.480 e. The molecule has 208 valence electrons. The van der Waals surface area contributed by atoms with Gasteiger partial charge in [0.25, 0.3) is 0 Å². The van der Waals surface area contributed by atoms with Crippen molar-refractivity contribution in [3.63, 3.8) is 0 Å². The van der Waals surface area contributed by atoms with Gasteiger partial charge in [-0.25, -0.2) is 14.8 Å². The quantitative estimate of drug-likeness (QED) is 0.163. The number of nitrogen functional groups attached to an aromatic ring is 1. The minimum atomic E-state index is -0.558. The molecule has 2 aromatic heterocycles. The van der Waals surface area contributed by atoms with Gasteiger partial charge in [-0.15, -0.1) is 24.0 Å². The number of carbonyl (C=O) groups is 1. The molecule has 0 bridgehead atoms. The van der Waals surface area contributed by atoms with Crippen LogP contribution < -0.4 is 10.5 Å². The molecule has 0 spiro atoms. The third-order valence-electron chi connectivity index (χ3n) is 6.44. The van der Waals surface area contributed by atoms with Gasteiger partial charge >= 0.3 is 5.97 Å². The summed E-state index contributed by atoms with van der Waals surface area (Å²) < 4.78 is 16.2. The van der Waals surface area contributed by atoms with Crippen LogP contribution in [0.5, 0.6) is 5.88 Å². The molecule has 5 N–H and O–H groups in total. The van der Waals surface area contributed by atoms with Crippen molar-refractivity contribution in [1.82, 2.24) is 19.8 Å². The Morgan fingerprint density at radius 3 is 2.47 bits per heavy atom. The monoisotopic (exact) mass is 640 g/mol. The van der Waals surface area contributed by atoms with Gasteiger partial charge in [-0.1, -0.05) is 0 Å². The lowest BCUT2D eigenvalue weighted by Crippen LogP contribution is -2.48. The largest absolute Gasteiger partial charge is 0.480 e. The Hall–Kier alpha value is -3.07. The molecule has 1 aromatic carbocycles. The molecule has 0 amide bonds. The van der Waals surface area contributed by atoms with Crippen LogP contribution >= 0.6 is 24.0 Å². The summed E-state index contributed by atoms with van der Waals surface area (Å²) in [7, 11) is 2.74. The molecular formula is C26H37IN6O5. The van der Waals surface area contributed by atoms with E-state index >= 15 is 0 Å². The maximum atomic E-state index is 12.2. The maximum absolute atomic E-state index is 12.2. The van der Waals surface area contributed by atoms with E-state index < -0.39 is 5.97 Å². The smallest absolute Gasteiger partial charge is 0.343 e. The number of methoxy groups -OCH3 is 2. The molecule has 4 rings (SSSR count). The second kappa shape index (κ2) is 13.6. The Kier molecular flexibility index (Phi) is 11.2. The number of ether oxygens (including phenoxy) is 2. The SMILES string of the molecule is COC(=O)c1cc(-c2cc(N)c(C=N)c(-c3ncc(CN4CCN(C(C)C)CC4)o3)c2)cnc1OC.I.O.[HH]. The highest BCUT2D eigenvalue weighted by Crippen LogP contribution is 2.34. The van der Waals surface area contributed by atoms with Crippen LogP contribution in [0.2, 0.25) is 0 Å². The predicted octanol–water partition coefficient (Wildman–Crippen LogP) is 3.34. The van der Waals surface area contributed by atoms with Crippen LogP contribution in [-0.4, -0.2) is 83.9 Å². The van der Waals surface area contributed by atoms with Gasteiger partial charge in [0.15, 0.2) is 0 Å². The first kappa shape index (κ1) is 31.1. The van der Waals surface area contributed by atoms with Crippen LogP contribution in [0.3, 0.4) is 0 Å². The van der Waals surface area contributed by atoms with E-state index in [0.29, 0.717) is 46.4 Å². The average Bonchev–Trinajstić information content (AvgIpc) is 3.35. The van der Waals surface area contributed by atoms with Crippen LogP contribution in [0.1, 0.15) is 37.0 Å². The number of nitrogens with zero attached hydrogens (tertiary/aromatic N) is 4. The summed E-state index contributed by atoms with van der Waals surface area (Å²) in [5, 5.41) is 7.91. The molecule has 0 aliphatic carbocycles. The van der Waals surface area contributed by atoms with Gasteiger partial charge in [0, 0.05) is 68.4 Å². The van der Waals surface area contributed by atoms with Gasteiger partial charge in [0.05, 0.1) is 27.0 Å². The summed E-state index contributed by atoms with van der Waals surface area (Å²) in [6.45, 7) is 9.09. The number of esters is 1. The summed E-state index contributed by atoms with van der Waals surface area (Å²) in [5.74, 6) is 0.744. The van der Waals surface area contributed by atoms with Crippen molar-refractivity contribution in [2.45, 2.75) is 26.4 Å². The number of aromatic nitrogens is 2. The molecule has 3 heterocycles. The fourth-order valence-corrected chi connectivity index (χ4v) is 4.37. The molecule has 0 radical (unpaired) electrons. The zero-order chi connectivity index (χ0) is 25.8. The highest BCUT2D eigenvalue weighted by molar-refractivity contribution is 14.0. The second-order valence-electron chi connectivity index (χ2n) is 8.98. The van der Waals surface area contributed by atoms with Gasteiger partial charge in [-0.05, 0) is 37.6 Å².